The average Bonchev–Trinajstić information content (AvgIpc) is 2.38. The van der Waals surface area contributed by atoms with E-state index in [0.29, 0.717) is 13.2 Å². The summed E-state index contributed by atoms with van der Waals surface area (Å²) >= 11 is 0. The molecule has 19 heavy (non-hydrogen) atoms. The molecule has 1 heterocycles. The summed E-state index contributed by atoms with van der Waals surface area (Å²) in [5.41, 5.74) is 8.02. The second kappa shape index (κ2) is 8.12. The molecule has 4 heteroatoms. The van der Waals surface area contributed by atoms with Crippen LogP contribution < -0.4 is 10.6 Å². The van der Waals surface area contributed by atoms with Gasteiger partial charge in [-0.1, -0.05) is 13.3 Å². The molecule has 0 saturated heterocycles. The molecule has 4 nitrogen and oxygen atoms in total. The maximum absolute atomic E-state index is 5.75. The summed E-state index contributed by atoms with van der Waals surface area (Å²) in [5.74, 6) is 0.985. The van der Waals surface area contributed by atoms with Crippen LogP contribution in [0.5, 0.6) is 0 Å². The molecular weight excluding hydrogens is 238 g/mol. The van der Waals surface area contributed by atoms with Gasteiger partial charge in [0.2, 0.25) is 0 Å². The zero-order valence-corrected chi connectivity index (χ0v) is 12.6. The number of likely N-dealkylation sites (N-methyl/N-ethyl adjacent to an activating group) is 1. The van der Waals surface area contributed by atoms with Gasteiger partial charge in [0.1, 0.15) is 5.82 Å². The van der Waals surface area contributed by atoms with E-state index in [4.69, 9.17) is 10.5 Å². The number of ether oxygens (including phenoxy) is 1. The van der Waals surface area contributed by atoms with Gasteiger partial charge >= 0.3 is 0 Å². The molecule has 0 aliphatic heterocycles. The summed E-state index contributed by atoms with van der Waals surface area (Å²) in [7, 11) is 2.04. The fourth-order valence-corrected chi connectivity index (χ4v) is 1.87. The standard InChI is InChI=1S/C15H27N3O/c1-5-6-14-9-13(11-16)10-15(17-14)18(4)7-8-19-12(2)3/h9-10,12H,5-8,11,16H2,1-4H3. The van der Waals surface area contributed by atoms with Gasteiger partial charge in [-0.15, -0.1) is 0 Å². The Hall–Kier alpha value is -1.13. The molecule has 2 N–H and O–H groups in total. The third-order valence-corrected chi connectivity index (χ3v) is 2.94. The molecule has 0 atom stereocenters. The minimum Gasteiger partial charge on any atom is -0.377 e. The average molecular weight is 265 g/mol. The van der Waals surface area contributed by atoms with Crippen LogP contribution in [-0.4, -0.2) is 31.3 Å². The van der Waals surface area contributed by atoms with Crippen molar-refractivity contribution in [1.29, 1.82) is 0 Å². The molecule has 1 aromatic rings. The molecule has 0 aromatic carbocycles. The Kier molecular flexibility index (Phi) is 6.81. The molecule has 0 fully saturated rings. The molecule has 108 valence electrons. The van der Waals surface area contributed by atoms with Crippen LogP contribution in [0.25, 0.3) is 0 Å². The quantitative estimate of drug-likeness (QED) is 0.784. The van der Waals surface area contributed by atoms with Crippen LogP contribution in [0.2, 0.25) is 0 Å². The van der Waals surface area contributed by atoms with E-state index in [0.717, 1.165) is 36.5 Å². The maximum Gasteiger partial charge on any atom is 0.128 e. The summed E-state index contributed by atoms with van der Waals surface area (Å²) < 4.78 is 5.57. The van der Waals surface area contributed by atoms with Gasteiger partial charge in [0, 0.05) is 25.8 Å². The number of rotatable bonds is 8. The van der Waals surface area contributed by atoms with Crippen LogP contribution in [0.1, 0.15) is 38.4 Å². The van der Waals surface area contributed by atoms with Crippen molar-refractivity contribution in [3.05, 3.63) is 23.4 Å². The fraction of sp³-hybridized carbons (Fsp3) is 0.667. The van der Waals surface area contributed by atoms with E-state index in [9.17, 15) is 0 Å². The number of pyridine rings is 1. The van der Waals surface area contributed by atoms with Crippen LogP contribution >= 0.6 is 0 Å². The Morgan fingerprint density at radius 1 is 1.37 bits per heavy atom. The number of hydrogen-bond donors (Lipinski definition) is 1. The summed E-state index contributed by atoms with van der Waals surface area (Å²) in [6, 6.07) is 4.17. The Balaban J connectivity index is 2.71. The molecular formula is C15H27N3O. The second-order valence-corrected chi connectivity index (χ2v) is 5.12. The highest BCUT2D eigenvalue weighted by atomic mass is 16.5. The topological polar surface area (TPSA) is 51.4 Å². The predicted octanol–water partition coefficient (Wildman–Crippen LogP) is 2.35. The van der Waals surface area contributed by atoms with Crippen LogP contribution in [-0.2, 0) is 17.7 Å². The van der Waals surface area contributed by atoms with Crippen LogP contribution in [0.15, 0.2) is 12.1 Å². The largest absolute Gasteiger partial charge is 0.377 e. The zero-order chi connectivity index (χ0) is 14.3. The predicted molar refractivity (Wildman–Crippen MR) is 80.5 cm³/mol. The van der Waals surface area contributed by atoms with Crippen molar-refractivity contribution in [2.45, 2.75) is 46.3 Å². The van der Waals surface area contributed by atoms with E-state index in [1.54, 1.807) is 0 Å². The lowest BCUT2D eigenvalue weighted by Gasteiger charge is -2.20. The molecule has 1 rings (SSSR count). The number of aryl methyl sites for hydroxylation is 1. The van der Waals surface area contributed by atoms with Crippen molar-refractivity contribution in [1.82, 2.24) is 4.98 Å². The summed E-state index contributed by atoms with van der Waals surface area (Å²) in [6.45, 7) is 8.37. The van der Waals surface area contributed by atoms with Crippen LogP contribution in [0, 0.1) is 0 Å². The first-order chi connectivity index (χ1) is 9.06. The van der Waals surface area contributed by atoms with Crippen molar-refractivity contribution in [3.8, 4) is 0 Å². The fourth-order valence-electron chi connectivity index (χ4n) is 1.87. The van der Waals surface area contributed by atoms with Crippen LogP contribution in [0.3, 0.4) is 0 Å². The van der Waals surface area contributed by atoms with Crippen molar-refractivity contribution in [2.75, 3.05) is 25.1 Å². The molecule has 0 unspecified atom stereocenters. The van der Waals surface area contributed by atoms with E-state index >= 15 is 0 Å². The minimum absolute atomic E-state index is 0.271. The highest BCUT2D eigenvalue weighted by molar-refractivity contribution is 5.42. The van der Waals surface area contributed by atoms with Crippen molar-refractivity contribution >= 4 is 5.82 Å². The maximum atomic E-state index is 5.75. The first-order valence-electron chi connectivity index (χ1n) is 7.09. The third-order valence-electron chi connectivity index (χ3n) is 2.94. The first-order valence-corrected chi connectivity index (χ1v) is 7.09. The molecule has 0 spiro atoms. The van der Waals surface area contributed by atoms with E-state index in [1.165, 1.54) is 0 Å². The molecule has 0 bridgehead atoms. The van der Waals surface area contributed by atoms with Gasteiger partial charge < -0.3 is 15.4 Å². The lowest BCUT2D eigenvalue weighted by atomic mass is 10.1. The SMILES string of the molecule is CCCc1cc(CN)cc(N(C)CCOC(C)C)n1. The van der Waals surface area contributed by atoms with E-state index < -0.39 is 0 Å². The van der Waals surface area contributed by atoms with Crippen molar-refractivity contribution in [2.24, 2.45) is 5.73 Å². The smallest absolute Gasteiger partial charge is 0.128 e. The summed E-state index contributed by atoms with van der Waals surface area (Å²) in [6.07, 6.45) is 2.37. The molecule has 0 radical (unpaired) electrons. The normalized spacial score (nSPS) is 11.1. The molecule has 0 amide bonds. The monoisotopic (exact) mass is 265 g/mol. The van der Waals surface area contributed by atoms with Gasteiger partial charge in [-0.25, -0.2) is 4.98 Å². The number of aromatic nitrogens is 1. The van der Waals surface area contributed by atoms with E-state index in [-0.39, 0.29) is 6.10 Å². The lowest BCUT2D eigenvalue weighted by molar-refractivity contribution is 0.0845. The Bertz CT molecular complexity index is 380. The summed E-state index contributed by atoms with van der Waals surface area (Å²) in [5, 5.41) is 0. The molecule has 0 aliphatic carbocycles. The minimum atomic E-state index is 0.271. The van der Waals surface area contributed by atoms with E-state index in [2.05, 4.69) is 28.9 Å². The first kappa shape index (κ1) is 15.9. The molecule has 1 aromatic heterocycles. The molecule has 0 saturated carbocycles. The van der Waals surface area contributed by atoms with Crippen molar-refractivity contribution < 1.29 is 4.74 Å². The Morgan fingerprint density at radius 3 is 2.68 bits per heavy atom. The number of nitrogens with two attached hydrogens (primary N) is 1. The van der Waals surface area contributed by atoms with Gasteiger partial charge in [0.05, 0.1) is 12.7 Å². The number of hydrogen-bond acceptors (Lipinski definition) is 4. The molecule has 0 aliphatic rings. The Labute approximate surface area is 117 Å². The van der Waals surface area contributed by atoms with Crippen LogP contribution in [0.4, 0.5) is 5.82 Å². The number of nitrogens with zero attached hydrogens (tertiary/aromatic N) is 2. The van der Waals surface area contributed by atoms with Gasteiger partial charge in [-0.2, -0.15) is 0 Å². The van der Waals surface area contributed by atoms with E-state index in [1.807, 2.05) is 20.9 Å². The summed E-state index contributed by atoms with van der Waals surface area (Å²) in [4.78, 5) is 6.81. The lowest BCUT2D eigenvalue weighted by Crippen LogP contribution is -2.25. The van der Waals surface area contributed by atoms with Gasteiger partial charge in [-0.05, 0) is 38.0 Å². The van der Waals surface area contributed by atoms with Crippen molar-refractivity contribution in [3.63, 3.8) is 0 Å². The number of anilines is 1. The van der Waals surface area contributed by atoms with Gasteiger partial charge in [-0.3, -0.25) is 0 Å². The Morgan fingerprint density at radius 2 is 2.11 bits per heavy atom. The highest BCUT2D eigenvalue weighted by Gasteiger charge is 2.07. The zero-order valence-electron chi connectivity index (χ0n) is 12.6. The second-order valence-electron chi connectivity index (χ2n) is 5.12. The third kappa shape index (κ3) is 5.57. The highest BCUT2D eigenvalue weighted by Crippen LogP contribution is 2.15. The van der Waals surface area contributed by atoms with Gasteiger partial charge in [0.25, 0.3) is 0 Å². The van der Waals surface area contributed by atoms with Gasteiger partial charge in [0.15, 0.2) is 0 Å².